The van der Waals surface area contributed by atoms with E-state index in [4.69, 9.17) is 0 Å². The van der Waals surface area contributed by atoms with Crippen molar-refractivity contribution in [1.82, 2.24) is 9.38 Å². The van der Waals surface area contributed by atoms with E-state index in [1.807, 2.05) is 10.6 Å². The molecule has 0 bridgehead atoms. The van der Waals surface area contributed by atoms with Crippen LogP contribution < -0.4 is 0 Å². The predicted molar refractivity (Wildman–Crippen MR) is 69.1 cm³/mol. The molecule has 86 valence electrons. The summed E-state index contributed by atoms with van der Waals surface area (Å²) in [5, 5.41) is 19.3. The van der Waals surface area contributed by atoms with Gasteiger partial charge >= 0.3 is 0 Å². The first-order chi connectivity index (χ1) is 7.43. The average molecular weight is 332 g/mol. The molecule has 0 atom stereocenters. The standard InChI is InChI=1S/C11H13IN2O2/c1-11(2,16)8-5-14-9(12)4-13-10(14)3-7(8)6-15/h3-5,15-16H,6H2,1-2H3. The third-order valence-corrected chi connectivity index (χ3v) is 3.32. The fourth-order valence-corrected chi connectivity index (χ4v) is 2.24. The lowest BCUT2D eigenvalue weighted by molar-refractivity contribution is 0.0755. The first-order valence-electron chi connectivity index (χ1n) is 4.92. The van der Waals surface area contributed by atoms with Gasteiger partial charge in [-0.15, -0.1) is 0 Å². The largest absolute Gasteiger partial charge is 0.392 e. The Bertz CT molecular complexity index is 528. The lowest BCUT2D eigenvalue weighted by Gasteiger charge is -2.21. The summed E-state index contributed by atoms with van der Waals surface area (Å²) in [5.41, 5.74) is 1.24. The minimum absolute atomic E-state index is 0.0980. The lowest BCUT2D eigenvalue weighted by Crippen LogP contribution is -2.19. The monoisotopic (exact) mass is 332 g/mol. The van der Waals surface area contributed by atoms with Crippen molar-refractivity contribution in [3.05, 3.63) is 33.3 Å². The topological polar surface area (TPSA) is 57.8 Å². The fraction of sp³-hybridized carbons (Fsp3) is 0.364. The van der Waals surface area contributed by atoms with Gasteiger partial charge in [0, 0.05) is 11.8 Å². The maximum Gasteiger partial charge on any atom is 0.137 e. The van der Waals surface area contributed by atoms with Gasteiger partial charge in [0.15, 0.2) is 0 Å². The summed E-state index contributed by atoms with van der Waals surface area (Å²) in [6.07, 6.45) is 3.58. The Morgan fingerprint density at radius 1 is 1.50 bits per heavy atom. The summed E-state index contributed by atoms with van der Waals surface area (Å²) in [7, 11) is 0. The Hall–Kier alpha value is -0.660. The van der Waals surface area contributed by atoms with Crippen LogP contribution in [0, 0.1) is 3.70 Å². The molecule has 0 radical (unpaired) electrons. The van der Waals surface area contributed by atoms with Crippen LogP contribution in [0.15, 0.2) is 18.5 Å². The Morgan fingerprint density at radius 3 is 2.75 bits per heavy atom. The summed E-state index contributed by atoms with van der Waals surface area (Å²) in [4.78, 5) is 4.21. The van der Waals surface area contributed by atoms with Gasteiger partial charge in [0.05, 0.1) is 18.4 Å². The molecular weight excluding hydrogens is 319 g/mol. The zero-order chi connectivity index (χ0) is 11.9. The molecule has 0 aliphatic heterocycles. The number of rotatable bonds is 2. The molecule has 0 aliphatic rings. The number of nitrogens with zero attached hydrogens (tertiary/aromatic N) is 2. The van der Waals surface area contributed by atoms with Crippen molar-refractivity contribution in [1.29, 1.82) is 0 Å². The van der Waals surface area contributed by atoms with E-state index in [9.17, 15) is 10.2 Å². The fourth-order valence-electron chi connectivity index (χ4n) is 1.72. The van der Waals surface area contributed by atoms with Gasteiger partial charge in [-0.2, -0.15) is 0 Å². The number of hydrogen-bond acceptors (Lipinski definition) is 3. The number of fused-ring (bicyclic) bond motifs is 1. The Balaban J connectivity index is 2.75. The molecule has 0 amide bonds. The van der Waals surface area contributed by atoms with Gasteiger partial charge in [-0.25, -0.2) is 4.98 Å². The number of aliphatic hydroxyl groups is 2. The lowest BCUT2D eigenvalue weighted by atomic mass is 9.95. The summed E-state index contributed by atoms with van der Waals surface area (Å²) in [6.45, 7) is 3.31. The van der Waals surface area contributed by atoms with E-state index in [1.165, 1.54) is 0 Å². The number of aromatic nitrogens is 2. The molecule has 2 N–H and O–H groups in total. The molecule has 0 spiro atoms. The zero-order valence-corrected chi connectivity index (χ0v) is 11.3. The minimum atomic E-state index is -0.973. The summed E-state index contributed by atoms with van der Waals surface area (Å²) in [6, 6.07) is 1.80. The van der Waals surface area contributed by atoms with Crippen molar-refractivity contribution in [2.45, 2.75) is 26.1 Å². The van der Waals surface area contributed by atoms with E-state index >= 15 is 0 Å². The van der Waals surface area contributed by atoms with Crippen molar-refractivity contribution in [3.8, 4) is 0 Å². The Kier molecular flexibility index (Phi) is 2.93. The van der Waals surface area contributed by atoms with Crippen molar-refractivity contribution in [3.63, 3.8) is 0 Å². The molecule has 0 saturated carbocycles. The van der Waals surface area contributed by atoms with Gasteiger partial charge < -0.3 is 10.2 Å². The second-order valence-corrected chi connectivity index (χ2v) is 5.34. The van der Waals surface area contributed by atoms with Crippen LogP contribution in [0.1, 0.15) is 25.0 Å². The molecule has 0 aromatic carbocycles. The van der Waals surface area contributed by atoms with E-state index in [0.29, 0.717) is 5.56 Å². The normalized spacial score (nSPS) is 12.3. The number of hydrogen-bond donors (Lipinski definition) is 2. The SMILES string of the molecule is CC(C)(O)c1cn2c(I)cnc2cc1CO. The first kappa shape index (κ1) is 11.8. The highest BCUT2D eigenvalue weighted by Crippen LogP contribution is 2.25. The highest BCUT2D eigenvalue weighted by Gasteiger charge is 2.21. The van der Waals surface area contributed by atoms with Gasteiger partial charge in [-0.3, -0.25) is 4.40 Å². The molecule has 2 aromatic rings. The van der Waals surface area contributed by atoms with E-state index in [0.717, 1.165) is 14.9 Å². The molecule has 0 unspecified atom stereocenters. The smallest absolute Gasteiger partial charge is 0.137 e. The second-order valence-electron chi connectivity index (χ2n) is 4.24. The third-order valence-electron chi connectivity index (χ3n) is 2.52. The van der Waals surface area contributed by atoms with Gasteiger partial charge in [-0.05, 0) is 48.1 Å². The molecule has 0 saturated heterocycles. The highest BCUT2D eigenvalue weighted by molar-refractivity contribution is 14.1. The Labute approximate surface area is 107 Å². The van der Waals surface area contributed by atoms with Crippen LogP contribution in [-0.4, -0.2) is 19.6 Å². The first-order valence-corrected chi connectivity index (χ1v) is 6.00. The van der Waals surface area contributed by atoms with E-state index < -0.39 is 5.60 Å². The second kappa shape index (κ2) is 3.97. The zero-order valence-electron chi connectivity index (χ0n) is 9.11. The van der Waals surface area contributed by atoms with Crippen LogP contribution in [0.3, 0.4) is 0 Å². The molecule has 5 heteroatoms. The molecule has 0 fully saturated rings. The van der Waals surface area contributed by atoms with E-state index in [2.05, 4.69) is 27.6 Å². The predicted octanol–water partition coefficient (Wildman–Crippen LogP) is 1.66. The maximum atomic E-state index is 10.0. The van der Waals surface area contributed by atoms with Crippen LogP contribution >= 0.6 is 22.6 Å². The third kappa shape index (κ3) is 1.94. The van der Waals surface area contributed by atoms with E-state index in [-0.39, 0.29) is 6.61 Å². The minimum Gasteiger partial charge on any atom is -0.392 e. The average Bonchev–Trinajstić information content (AvgIpc) is 2.57. The summed E-state index contributed by atoms with van der Waals surface area (Å²) < 4.78 is 2.87. The van der Waals surface area contributed by atoms with Gasteiger partial charge in [0.2, 0.25) is 0 Å². The van der Waals surface area contributed by atoms with Crippen molar-refractivity contribution < 1.29 is 10.2 Å². The number of aliphatic hydroxyl groups excluding tert-OH is 1. The summed E-state index contributed by atoms with van der Waals surface area (Å²) in [5.74, 6) is 0. The highest BCUT2D eigenvalue weighted by atomic mass is 127. The van der Waals surface area contributed by atoms with Crippen LogP contribution in [0.25, 0.3) is 5.65 Å². The molecule has 4 nitrogen and oxygen atoms in total. The van der Waals surface area contributed by atoms with Crippen LogP contribution in [0.5, 0.6) is 0 Å². The Morgan fingerprint density at radius 2 is 2.19 bits per heavy atom. The van der Waals surface area contributed by atoms with Crippen molar-refractivity contribution in [2.75, 3.05) is 0 Å². The van der Waals surface area contributed by atoms with Crippen molar-refractivity contribution >= 4 is 28.2 Å². The number of pyridine rings is 1. The quantitative estimate of drug-likeness (QED) is 0.823. The van der Waals surface area contributed by atoms with Crippen LogP contribution in [-0.2, 0) is 12.2 Å². The molecule has 2 heterocycles. The number of imidazole rings is 1. The van der Waals surface area contributed by atoms with Crippen LogP contribution in [0.4, 0.5) is 0 Å². The molecule has 16 heavy (non-hydrogen) atoms. The van der Waals surface area contributed by atoms with Gasteiger partial charge in [-0.1, -0.05) is 0 Å². The molecule has 0 aliphatic carbocycles. The molecule has 2 aromatic heterocycles. The number of halogens is 1. The van der Waals surface area contributed by atoms with Gasteiger partial charge in [0.25, 0.3) is 0 Å². The molecule has 2 rings (SSSR count). The molecular formula is C11H13IN2O2. The van der Waals surface area contributed by atoms with Gasteiger partial charge in [0.1, 0.15) is 9.35 Å². The van der Waals surface area contributed by atoms with Crippen molar-refractivity contribution in [2.24, 2.45) is 0 Å². The van der Waals surface area contributed by atoms with E-state index in [1.54, 1.807) is 26.1 Å². The summed E-state index contributed by atoms with van der Waals surface area (Å²) >= 11 is 2.18. The van der Waals surface area contributed by atoms with Crippen LogP contribution in [0.2, 0.25) is 0 Å². The maximum absolute atomic E-state index is 10.0.